The van der Waals surface area contributed by atoms with Gasteiger partial charge in [0.2, 0.25) is 0 Å². The summed E-state index contributed by atoms with van der Waals surface area (Å²) >= 11 is 0. The van der Waals surface area contributed by atoms with E-state index in [2.05, 4.69) is 14.9 Å². The normalized spacial score (nSPS) is 11.1. The minimum absolute atomic E-state index is 0.153. The van der Waals surface area contributed by atoms with Crippen molar-refractivity contribution in [1.82, 2.24) is 10.2 Å². The maximum Gasteiger partial charge on any atom is 0.573 e. The summed E-state index contributed by atoms with van der Waals surface area (Å²) in [6.07, 6.45) is -1.94. The number of H-pyrrole nitrogens is 2. The number of alkyl halides is 3. The zero-order chi connectivity index (χ0) is 21.9. The van der Waals surface area contributed by atoms with Gasteiger partial charge in [-0.05, 0) is 60.0 Å². The zero-order valence-electron chi connectivity index (χ0n) is 15.7. The Morgan fingerprint density at radius 1 is 0.967 bits per heavy atom. The molecule has 1 heterocycles. The summed E-state index contributed by atoms with van der Waals surface area (Å²) in [5.74, 6) is -1.69. The lowest BCUT2D eigenvalue weighted by molar-refractivity contribution is -0.274. The molecule has 0 amide bonds. The number of nitrogens with one attached hydrogen (secondary N) is 2. The van der Waals surface area contributed by atoms with E-state index < -0.39 is 18.0 Å². The van der Waals surface area contributed by atoms with Crippen LogP contribution in [0.2, 0.25) is 0 Å². The number of aromatic amines is 2. The molecule has 9 heteroatoms. The summed E-state index contributed by atoms with van der Waals surface area (Å²) in [7, 11) is 0. The standard InChI is InChI=1S/C21H17F4N3O2/c1-12-7-14(13-3-2-4-16(8-13)30-21(23,24)25)10-27-28-11-18(12)20(29)17-9-15(26)5-6-19(17)22/h2-11,27-28H,26H2,1H3. The Morgan fingerprint density at radius 3 is 2.43 bits per heavy atom. The van der Waals surface area contributed by atoms with Gasteiger partial charge in [-0.2, -0.15) is 0 Å². The number of aryl methyl sites for hydroxylation is 1. The van der Waals surface area contributed by atoms with E-state index in [1.54, 1.807) is 19.1 Å². The van der Waals surface area contributed by atoms with E-state index >= 15 is 0 Å². The van der Waals surface area contributed by atoms with Crippen molar-refractivity contribution >= 4 is 11.5 Å². The molecule has 0 bridgehead atoms. The first-order valence-electron chi connectivity index (χ1n) is 8.70. The van der Waals surface area contributed by atoms with Crippen LogP contribution in [0.4, 0.5) is 23.2 Å². The van der Waals surface area contributed by atoms with Gasteiger partial charge in [0.25, 0.3) is 0 Å². The highest BCUT2D eigenvalue weighted by Crippen LogP contribution is 2.28. The number of hydrogen-bond acceptors (Lipinski definition) is 3. The van der Waals surface area contributed by atoms with E-state index in [0.29, 0.717) is 16.7 Å². The fourth-order valence-electron chi connectivity index (χ4n) is 2.85. The Hall–Kier alpha value is -3.75. The van der Waals surface area contributed by atoms with Crippen molar-refractivity contribution in [2.24, 2.45) is 0 Å². The van der Waals surface area contributed by atoms with Crippen LogP contribution in [0.1, 0.15) is 21.5 Å². The van der Waals surface area contributed by atoms with Crippen LogP contribution in [0.25, 0.3) is 11.1 Å². The third-order valence-corrected chi connectivity index (χ3v) is 4.20. The molecule has 0 aliphatic rings. The molecule has 3 rings (SSSR count). The molecule has 5 nitrogen and oxygen atoms in total. The first-order valence-corrected chi connectivity index (χ1v) is 8.70. The van der Waals surface area contributed by atoms with Crippen molar-refractivity contribution in [3.63, 3.8) is 0 Å². The summed E-state index contributed by atoms with van der Waals surface area (Å²) in [5, 5.41) is 5.41. The maximum absolute atomic E-state index is 14.1. The number of hydrogen-bond donors (Lipinski definition) is 3. The molecule has 0 fully saturated rings. The average Bonchev–Trinajstić information content (AvgIpc) is 2.65. The fourth-order valence-corrected chi connectivity index (χ4v) is 2.85. The molecule has 0 saturated carbocycles. The lowest BCUT2D eigenvalue weighted by Crippen LogP contribution is -2.17. The second-order valence-corrected chi connectivity index (χ2v) is 6.42. The summed E-state index contributed by atoms with van der Waals surface area (Å²) in [4.78, 5) is 12.9. The van der Waals surface area contributed by atoms with E-state index in [0.717, 1.165) is 6.07 Å². The van der Waals surface area contributed by atoms with Gasteiger partial charge in [-0.1, -0.05) is 12.1 Å². The Labute approximate surface area is 168 Å². The van der Waals surface area contributed by atoms with Crippen molar-refractivity contribution in [3.8, 4) is 16.9 Å². The highest BCUT2D eigenvalue weighted by Gasteiger charge is 2.31. The summed E-state index contributed by atoms with van der Waals surface area (Å²) in [5.41, 5.74) is 7.20. The molecular formula is C21H17F4N3O2. The second kappa shape index (κ2) is 8.32. The summed E-state index contributed by atoms with van der Waals surface area (Å²) in [6, 6.07) is 10.7. The topological polar surface area (TPSA) is 83.9 Å². The molecule has 0 atom stereocenters. The van der Waals surface area contributed by atoms with Gasteiger partial charge in [-0.3, -0.25) is 4.79 Å². The number of carbonyl (C=O) groups excluding carboxylic acids is 1. The lowest BCUT2D eigenvalue weighted by atomic mass is 9.99. The van der Waals surface area contributed by atoms with Gasteiger partial charge in [0.05, 0.1) is 5.56 Å². The van der Waals surface area contributed by atoms with Crippen LogP contribution in [0.5, 0.6) is 5.75 Å². The van der Waals surface area contributed by atoms with Gasteiger partial charge >= 0.3 is 6.36 Å². The molecule has 0 unspecified atom stereocenters. The minimum atomic E-state index is -4.82. The summed E-state index contributed by atoms with van der Waals surface area (Å²) < 4.78 is 55.6. The van der Waals surface area contributed by atoms with Crippen molar-refractivity contribution in [2.75, 3.05) is 5.73 Å². The molecule has 0 radical (unpaired) electrons. The Morgan fingerprint density at radius 2 is 1.70 bits per heavy atom. The number of carbonyl (C=O) groups is 1. The van der Waals surface area contributed by atoms with Crippen LogP contribution < -0.4 is 10.5 Å². The fraction of sp³-hybridized carbons (Fsp3) is 0.0952. The lowest BCUT2D eigenvalue weighted by Gasteiger charge is -2.10. The molecule has 3 aromatic rings. The van der Waals surface area contributed by atoms with Crippen LogP contribution in [0.3, 0.4) is 0 Å². The smallest absolute Gasteiger partial charge is 0.406 e. The predicted molar refractivity (Wildman–Crippen MR) is 104 cm³/mol. The van der Waals surface area contributed by atoms with Crippen LogP contribution in [-0.2, 0) is 0 Å². The Kier molecular flexibility index (Phi) is 5.81. The third-order valence-electron chi connectivity index (χ3n) is 4.20. The van der Waals surface area contributed by atoms with Crippen molar-refractivity contribution < 1.29 is 27.1 Å². The van der Waals surface area contributed by atoms with Gasteiger partial charge in [0, 0.05) is 23.6 Å². The third kappa shape index (κ3) is 4.99. The van der Waals surface area contributed by atoms with Crippen molar-refractivity contribution in [2.45, 2.75) is 13.3 Å². The second-order valence-electron chi connectivity index (χ2n) is 6.42. The van der Waals surface area contributed by atoms with Gasteiger partial charge in [-0.15, -0.1) is 13.2 Å². The minimum Gasteiger partial charge on any atom is -0.406 e. The number of benzene rings is 2. The number of nitrogen functional groups attached to an aromatic ring is 1. The van der Waals surface area contributed by atoms with Crippen molar-refractivity contribution in [3.05, 3.63) is 83.4 Å². The van der Waals surface area contributed by atoms with Crippen LogP contribution >= 0.6 is 0 Å². The largest absolute Gasteiger partial charge is 0.573 e. The van der Waals surface area contributed by atoms with Gasteiger partial charge in [0.1, 0.15) is 11.6 Å². The number of nitrogens with two attached hydrogens (primary N) is 1. The molecule has 0 aliphatic heterocycles. The highest BCUT2D eigenvalue weighted by atomic mass is 19.4. The number of ketones is 1. The van der Waals surface area contributed by atoms with E-state index in [-0.39, 0.29) is 22.6 Å². The first-order chi connectivity index (χ1) is 14.1. The number of aromatic nitrogens is 2. The van der Waals surface area contributed by atoms with Gasteiger partial charge < -0.3 is 20.7 Å². The maximum atomic E-state index is 14.1. The van der Waals surface area contributed by atoms with Gasteiger partial charge in [-0.25, -0.2) is 4.39 Å². The Balaban J connectivity index is 2.06. The molecule has 0 aliphatic carbocycles. The monoisotopic (exact) mass is 419 g/mol. The van der Waals surface area contributed by atoms with Crippen LogP contribution in [-0.4, -0.2) is 22.3 Å². The summed E-state index contributed by atoms with van der Waals surface area (Å²) in [6.45, 7) is 1.63. The molecule has 0 spiro atoms. The van der Waals surface area contributed by atoms with E-state index in [4.69, 9.17) is 5.73 Å². The first kappa shape index (κ1) is 21.0. The number of halogens is 4. The Bertz CT molecular complexity index is 1130. The molecule has 1 aromatic heterocycles. The highest BCUT2D eigenvalue weighted by molar-refractivity contribution is 6.10. The molecule has 2 aromatic carbocycles. The molecule has 4 N–H and O–H groups in total. The van der Waals surface area contributed by atoms with E-state index in [1.165, 1.54) is 42.7 Å². The van der Waals surface area contributed by atoms with E-state index in [9.17, 15) is 22.4 Å². The number of anilines is 1. The van der Waals surface area contributed by atoms with Crippen LogP contribution in [0.15, 0.2) is 60.9 Å². The molecule has 30 heavy (non-hydrogen) atoms. The van der Waals surface area contributed by atoms with Gasteiger partial charge in [0.15, 0.2) is 5.78 Å². The van der Waals surface area contributed by atoms with E-state index in [1.807, 2.05) is 0 Å². The number of ether oxygens (including phenoxy) is 1. The zero-order valence-corrected chi connectivity index (χ0v) is 15.7. The average molecular weight is 419 g/mol. The quantitative estimate of drug-likeness (QED) is 0.305. The van der Waals surface area contributed by atoms with Crippen molar-refractivity contribution in [1.29, 1.82) is 0 Å². The molecular weight excluding hydrogens is 402 g/mol. The van der Waals surface area contributed by atoms with Crippen LogP contribution in [0, 0.1) is 12.7 Å². The predicted octanol–water partition coefficient (Wildman–Crippen LogP) is 5.29. The number of rotatable bonds is 4. The molecule has 0 saturated heterocycles. The molecule has 156 valence electrons. The SMILES string of the molecule is Cc1cc(-c2cccc(OC(F)(F)F)c2)c[nH][nH]cc1C(=O)c1cc(N)ccc1F.